The number of aromatic nitrogens is 4. The number of H-pyrrole nitrogens is 2. The molecule has 2 N–H and O–H groups in total. The smallest absolute Gasteiger partial charge is 0.189 e. The van der Waals surface area contributed by atoms with E-state index in [1.807, 2.05) is 13.8 Å². The number of aromatic amines is 2. The molecule has 0 unspecified atom stereocenters. The monoisotopic (exact) mass is 292 g/mol. The van der Waals surface area contributed by atoms with Crippen LogP contribution in [0, 0.1) is 6.92 Å². The quantitative estimate of drug-likeness (QED) is 0.629. The Morgan fingerprint density at radius 1 is 1.40 bits per heavy atom. The molecule has 0 aliphatic carbocycles. The largest absolute Gasteiger partial charge is 0.355 e. The van der Waals surface area contributed by atoms with Crippen LogP contribution in [0.5, 0.6) is 0 Å². The van der Waals surface area contributed by atoms with Crippen LogP contribution in [-0.2, 0) is 6.42 Å². The number of nitrogens with zero attached hydrogens (tertiary/aromatic N) is 2. The van der Waals surface area contributed by atoms with Gasteiger partial charge < -0.3 is 4.98 Å². The van der Waals surface area contributed by atoms with Crippen molar-refractivity contribution in [3.63, 3.8) is 0 Å². The number of hydrogen-bond donors (Lipinski definition) is 2. The molecule has 0 fully saturated rings. The molecule has 0 saturated carbocycles. The molecule has 2 rings (SSSR count). The molecule has 2 heterocycles. The molecule has 2 aromatic heterocycles. The summed E-state index contributed by atoms with van der Waals surface area (Å²) in [6.45, 7) is 5.28. The average Bonchev–Trinajstić information content (AvgIpc) is 3.02. The summed E-state index contributed by atoms with van der Waals surface area (Å²) in [6, 6.07) is 0. The van der Waals surface area contributed by atoms with Gasteiger partial charge in [-0.2, -0.15) is 10.3 Å². The standard InChI is InChI=1S/C13H16N4O2S/c1-4-9-12(8(3)18)7(2)15-13(9)10(19)6-20-11-5-14-17-16-11/h5,15H,4,6H2,1-3H3,(H,14,16,17). The number of aryl methyl sites for hydroxylation is 1. The first-order chi connectivity index (χ1) is 9.54. The minimum absolute atomic E-state index is 0.0150. The van der Waals surface area contributed by atoms with Gasteiger partial charge in [-0.3, -0.25) is 9.59 Å². The molecule has 0 atom stereocenters. The first-order valence-corrected chi connectivity index (χ1v) is 7.27. The maximum atomic E-state index is 12.3. The van der Waals surface area contributed by atoms with Crippen LogP contribution in [0.3, 0.4) is 0 Å². The van der Waals surface area contributed by atoms with E-state index in [1.165, 1.54) is 18.7 Å². The number of Topliss-reactive ketones (excluding diaryl/α,β-unsaturated/α-hetero) is 2. The lowest BCUT2D eigenvalue weighted by atomic mass is 10.0. The predicted octanol–water partition coefficient (Wildman–Crippen LogP) is 2.18. The van der Waals surface area contributed by atoms with Crippen LogP contribution in [-0.4, -0.2) is 37.7 Å². The van der Waals surface area contributed by atoms with Crippen LogP contribution in [0.4, 0.5) is 0 Å². The molecule has 0 aliphatic rings. The van der Waals surface area contributed by atoms with E-state index in [4.69, 9.17) is 0 Å². The molecule has 20 heavy (non-hydrogen) atoms. The van der Waals surface area contributed by atoms with E-state index in [0.717, 1.165) is 11.3 Å². The van der Waals surface area contributed by atoms with Crippen LogP contribution in [0.15, 0.2) is 11.2 Å². The summed E-state index contributed by atoms with van der Waals surface area (Å²) in [5.41, 5.74) is 2.73. The topological polar surface area (TPSA) is 91.5 Å². The van der Waals surface area contributed by atoms with Crippen molar-refractivity contribution in [2.75, 3.05) is 5.75 Å². The first-order valence-electron chi connectivity index (χ1n) is 6.28. The summed E-state index contributed by atoms with van der Waals surface area (Å²) in [4.78, 5) is 27.0. The van der Waals surface area contributed by atoms with Crippen LogP contribution in [0.25, 0.3) is 0 Å². The van der Waals surface area contributed by atoms with Crippen LogP contribution in [0.1, 0.15) is 46.0 Å². The second-order valence-corrected chi connectivity index (χ2v) is 5.40. The van der Waals surface area contributed by atoms with E-state index in [2.05, 4.69) is 20.4 Å². The molecule has 6 nitrogen and oxygen atoms in total. The maximum Gasteiger partial charge on any atom is 0.189 e. The van der Waals surface area contributed by atoms with Crippen LogP contribution < -0.4 is 0 Å². The molecule has 0 amide bonds. The Kier molecular flexibility index (Phi) is 4.39. The molecule has 0 saturated heterocycles. The average molecular weight is 292 g/mol. The van der Waals surface area contributed by atoms with Gasteiger partial charge in [0.2, 0.25) is 0 Å². The zero-order valence-electron chi connectivity index (χ0n) is 11.6. The fourth-order valence-corrected chi connectivity index (χ4v) is 2.87. The van der Waals surface area contributed by atoms with Crippen molar-refractivity contribution in [2.45, 2.75) is 32.2 Å². The third kappa shape index (κ3) is 2.82. The lowest BCUT2D eigenvalue weighted by Gasteiger charge is -2.02. The number of rotatable bonds is 6. The fraction of sp³-hybridized carbons (Fsp3) is 0.385. The Balaban J connectivity index is 2.21. The van der Waals surface area contributed by atoms with E-state index >= 15 is 0 Å². The van der Waals surface area contributed by atoms with Gasteiger partial charge in [0.05, 0.1) is 17.6 Å². The second kappa shape index (κ2) is 6.04. The van der Waals surface area contributed by atoms with Gasteiger partial charge >= 0.3 is 0 Å². The van der Waals surface area contributed by atoms with Gasteiger partial charge in [-0.15, -0.1) is 5.10 Å². The van der Waals surface area contributed by atoms with Crippen molar-refractivity contribution in [2.24, 2.45) is 0 Å². The lowest BCUT2D eigenvalue weighted by Crippen LogP contribution is -2.07. The van der Waals surface area contributed by atoms with Crippen molar-refractivity contribution in [3.8, 4) is 0 Å². The van der Waals surface area contributed by atoms with E-state index in [1.54, 1.807) is 6.20 Å². The molecule has 2 aromatic rings. The summed E-state index contributed by atoms with van der Waals surface area (Å²) < 4.78 is 0. The van der Waals surface area contributed by atoms with Gasteiger partial charge in [0, 0.05) is 11.3 Å². The molecule has 0 radical (unpaired) electrons. The van der Waals surface area contributed by atoms with E-state index in [0.29, 0.717) is 22.7 Å². The Labute approximate surface area is 120 Å². The molecular formula is C13H16N4O2S. The zero-order chi connectivity index (χ0) is 14.7. The van der Waals surface area contributed by atoms with Crippen molar-refractivity contribution in [1.29, 1.82) is 0 Å². The summed E-state index contributed by atoms with van der Waals surface area (Å²) in [6.07, 6.45) is 2.22. The summed E-state index contributed by atoms with van der Waals surface area (Å²) in [5.74, 6) is 0.209. The summed E-state index contributed by atoms with van der Waals surface area (Å²) >= 11 is 1.31. The molecule has 0 aliphatic heterocycles. The number of ketones is 2. The number of thioether (sulfide) groups is 1. The summed E-state index contributed by atoms with van der Waals surface area (Å²) in [7, 11) is 0. The van der Waals surface area contributed by atoms with E-state index < -0.39 is 0 Å². The molecule has 0 spiro atoms. The Hall–Kier alpha value is -1.89. The SMILES string of the molecule is CCc1c(C(=O)CSc2cn[nH]n2)[nH]c(C)c1C(C)=O. The highest BCUT2D eigenvalue weighted by Gasteiger charge is 2.21. The van der Waals surface area contributed by atoms with Gasteiger partial charge in [-0.05, 0) is 25.8 Å². The Morgan fingerprint density at radius 2 is 2.15 bits per heavy atom. The number of nitrogens with one attached hydrogen (secondary N) is 2. The molecular weight excluding hydrogens is 276 g/mol. The van der Waals surface area contributed by atoms with Crippen molar-refractivity contribution in [3.05, 3.63) is 28.7 Å². The van der Waals surface area contributed by atoms with Crippen molar-refractivity contribution >= 4 is 23.3 Å². The number of carbonyl (C=O) groups excluding carboxylic acids is 2. The predicted molar refractivity (Wildman–Crippen MR) is 76.3 cm³/mol. The highest BCUT2D eigenvalue weighted by molar-refractivity contribution is 7.99. The van der Waals surface area contributed by atoms with Crippen molar-refractivity contribution < 1.29 is 9.59 Å². The fourth-order valence-electron chi connectivity index (χ4n) is 2.22. The third-order valence-electron chi connectivity index (χ3n) is 3.02. The lowest BCUT2D eigenvalue weighted by molar-refractivity contribution is 0.101. The van der Waals surface area contributed by atoms with E-state index in [9.17, 15) is 9.59 Å². The van der Waals surface area contributed by atoms with Crippen molar-refractivity contribution in [1.82, 2.24) is 20.4 Å². The minimum Gasteiger partial charge on any atom is -0.355 e. The third-order valence-corrected chi connectivity index (χ3v) is 3.92. The maximum absolute atomic E-state index is 12.3. The minimum atomic E-state index is -0.0366. The van der Waals surface area contributed by atoms with Gasteiger partial charge in [0.15, 0.2) is 11.6 Å². The normalized spacial score (nSPS) is 10.8. The molecule has 0 aromatic carbocycles. The Bertz CT molecular complexity index is 631. The van der Waals surface area contributed by atoms with Crippen LogP contribution >= 0.6 is 11.8 Å². The summed E-state index contributed by atoms with van der Waals surface area (Å²) in [5, 5.41) is 10.7. The number of carbonyl (C=O) groups is 2. The molecule has 106 valence electrons. The van der Waals surface area contributed by atoms with Gasteiger partial charge in [0.1, 0.15) is 5.03 Å². The molecule has 7 heteroatoms. The Morgan fingerprint density at radius 3 is 2.70 bits per heavy atom. The van der Waals surface area contributed by atoms with Gasteiger partial charge in [-0.25, -0.2) is 0 Å². The van der Waals surface area contributed by atoms with Gasteiger partial charge in [-0.1, -0.05) is 18.7 Å². The highest BCUT2D eigenvalue weighted by Crippen LogP contribution is 2.23. The first kappa shape index (κ1) is 14.5. The van der Waals surface area contributed by atoms with Gasteiger partial charge in [0.25, 0.3) is 0 Å². The number of hydrogen-bond acceptors (Lipinski definition) is 5. The second-order valence-electron chi connectivity index (χ2n) is 4.41. The van der Waals surface area contributed by atoms with Crippen LogP contribution in [0.2, 0.25) is 0 Å². The molecule has 0 bridgehead atoms. The van der Waals surface area contributed by atoms with E-state index in [-0.39, 0.29) is 17.3 Å². The highest BCUT2D eigenvalue weighted by atomic mass is 32.2. The zero-order valence-corrected chi connectivity index (χ0v) is 12.4.